The van der Waals surface area contributed by atoms with E-state index < -0.39 is 10.0 Å². The number of sulfonamides is 1. The molecule has 0 fully saturated rings. The third-order valence-electron chi connectivity index (χ3n) is 7.67. The van der Waals surface area contributed by atoms with Crippen LogP contribution in [-0.2, 0) is 35.8 Å². The lowest BCUT2D eigenvalue weighted by atomic mass is 9.96. The minimum Gasteiger partial charge on any atom is -0.359 e. The van der Waals surface area contributed by atoms with Crippen LogP contribution in [0, 0.1) is 13.8 Å². The number of fused-ring (bicyclic) bond motifs is 1. The monoisotopic (exact) mass is 560 g/mol. The van der Waals surface area contributed by atoms with E-state index in [-0.39, 0.29) is 16.5 Å². The van der Waals surface area contributed by atoms with Crippen molar-refractivity contribution in [2.75, 3.05) is 4.72 Å². The molecule has 4 aromatic rings. The molecule has 0 saturated heterocycles. The van der Waals surface area contributed by atoms with E-state index in [1.807, 2.05) is 24.3 Å². The minimum atomic E-state index is -3.93. The molecule has 0 radical (unpaired) electrons. The molecule has 1 aliphatic rings. The van der Waals surface area contributed by atoms with E-state index in [1.54, 1.807) is 26.0 Å². The number of aromatic nitrogens is 3. The van der Waals surface area contributed by atoms with Crippen molar-refractivity contribution in [1.29, 1.82) is 0 Å². The maximum absolute atomic E-state index is 13.5. The van der Waals surface area contributed by atoms with Crippen molar-refractivity contribution in [2.24, 2.45) is 0 Å². The third kappa shape index (κ3) is 5.35. The second-order valence-electron chi connectivity index (χ2n) is 10.4. The van der Waals surface area contributed by atoms with E-state index in [0.29, 0.717) is 29.9 Å². The lowest BCUT2D eigenvalue weighted by molar-refractivity contribution is 0.0973. The highest BCUT2D eigenvalue weighted by Crippen LogP contribution is 2.33. The topological polar surface area (TPSA) is 107 Å². The summed E-state index contributed by atoms with van der Waals surface area (Å²) in [6.45, 7) is 8.26. The van der Waals surface area contributed by atoms with Gasteiger partial charge in [0.15, 0.2) is 11.6 Å². The summed E-state index contributed by atoms with van der Waals surface area (Å²) in [5, 5.41) is 3.87. The number of anilines is 1. The Bertz CT molecular complexity index is 1670. The Morgan fingerprint density at radius 1 is 1.02 bits per heavy atom. The number of Topliss-reactive ketones (excluding diaryl/α,β-unsaturated/α-hetero) is 1. The van der Waals surface area contributed by atoms with E-state index in [4.69, 9.17) is 9.51 Å². The van der Waals surface area contributed by atoms with E-state index in [0.717, 1.165) is 72.4 Å². The lowest BCUT2D eigenvalue weighted by Gasteiger charge is -2.17. The molecule has 1 aliphatic carbocycles. The summed E-state index contributed by atoms with van der Waals surface area (Å²) in [4.78, 5) is 18.1. The summed E-state index contributed by atoms with van der Waals surface area (Å²) in [7, 11) is -3.93. The van der Waals surface area contributed by atoms with Crippen LogP contribution < -0.4 is 4.72 Å². The summed E-state index contributed by atoms with van der Waals surface area (Å²) in [5.41, 5.74) is 5.92. The van der Waals surface area contributed by atoms with E-state index in [1.165, 1.54) is 0 Å². The second kappa shape index (κ2) is 11.4. The highest BCUT2D eigenvalue weighted by Gasteiger charge is 2.26. The number of carbonyl (C=O) groups is 1. The number of imidazole rings is 1. The number of nitrogens with zero attached hydrogens (tertiary/aromatic N) is 3. The molecule has 0 unspecified atom stereocenters. The minimum absolute atomic E-state index is 0.174. The summed E-state index contributed by atoms with van der Waals surface area (Å²) < 4.78 is 36.9. The van der Waals surface area contributed by atoms with Crippen LogP contribution in [0.15, 0.2) is 51.9 Å². The van der Waals surface area contributed by atoms with Gasteiger partial charge in [-0.15, -0.1) is 0 Å². The van der Waals surface area contributed by atoms with Crippen LogP contribution in [0.25, 0.3) is 11.1 Å². The fraction of sp³-hybridized carbons (Fsp3) is 0.387. The number of hydrogen-bond donors (Lipinski definition) is 1. The van der Waals surface area contributed by atoms with Crippen LogP contribution in [0.5, 0.6) is 0 Å². The third-order valence-corrected chi connectivity index (χ3v) is 9.07. The smallest absolute Gasteiger partial charge is 0.263 e. The summed E-state index contributed by atoms with van der Waals surface area (Å²) >= 11 is 0. The highest BCUT2D eigenvalue weighted by molar-refractivity contribution is 7.92. The van der Waals surface area contributed by atoms with Gasteiger partial charge in [0, 0.05) is 30.5 Å². The number of ketones is 1. The predicted molar refractivity (Wildman–Crippen MR) is 155 cm³/mol. The molecule has 0 saturated carbocycles. The molecule has 2 aromatic heterocycles. The molecule has 40 heavy (non-hydrogen) atoms. The number of carbonyl (C=O) groups excluding carboxylic acids is 1. The average Bonchev–Trinajstić information content (AvgIpc) is 3.37. The summed E-state index contributed by atoms with van der Waals surface area (Å²) in [6.07, 6.45) is 5.79. The van der Waals surface area contributed by atoms with Crippen LogP contribution >= 0.6 is 0 Å². The first-order chi connectivity index (χ1) is 19.2. The van der Waals surface area contributed by atoms with Gasteiger partial charge in [-0.3, -0.25) is 9.52 Å². The number of aryl methyl sites for hydroxylation is 4. The number of rotatable bonds is 9. The van der Waals surface area contributed by atoms with Crippen molar-refractivity contribution in [1.82, 2.24) is 14.7 Å². The first-order valence-electron chi connectivity index (χ1n) is 14.0. The Hall–Kier alpha value is -3.72. The van der Waals surface area contributed by atoms with Crippen LogP contribution in [-0.4, -0.2) is 28.9 Å². The molecule has 9 heteroatoms. The van der Waals surface area contributed by atoms with Gasteiger partial charge in [-0.25, -0.2) is 13.4 Å². The fourth-order valence-electron chi connectivity index (χ4n) is 5.42. The van der Waals surface area contributed by atoms with Crippen molar-refractivity contribution in [3.05, 3.63) is 82.1 Å². The SMILES string of the molecule is CCCc1nc2c(n1Cc1ccc(-c3ccccc3S(=O)(=O)Nc3noc(C)c3C)c(CC)c1)C(=O)CCCC2. The Kier molecular flexibility index (Phi) is 7.94. The van der Waals surface area contributed by atoms with Gasteiger partial charge in [0.2, 0.25) is 0 Å². The van der Waals surface area contributed by atoms with E-state index in [9.17, 15) is 13.2 Å². The van der Waals surface area contributed by atoms with Crippen LogP contribution in [0.4, 0.5) is 5.82 Å². The zero-order valence-electron chi connectivity index (χ0n) is 23.6. The van der Waals surface area contributed by atoms with Crippen molar-refractivity contribution in [2.45, 2.75) is 84.1 Å². The van der Waals surface area contributed by atoms with Gasteiger partial charge in [-0.1, -0.05) is 55.4 Å². The molecule has 0 amide bonds. The molecule has 2 aromatic carbocycles. The zero-order valence-corrected chi connectivity index (χ0v) is 24.4. The largest absolute Gasteiger partial charge is 0.359 e. The summed E-state index contributed by atoms with van der Waals surface area (Å²) in [6, 6.07) is 13.1. The van der Waals surface area contributed by atoms with Crippen LogP contribution in [0.2, 0.25) is 0 Å². The van der Waals surface area contributed by atoms with Gasteiger partial charge in [0.1, 0.15) is 17.3 Å². The standard InChI is InChI=1S/C31H36N4O4S/c1-5-11-29-32-26-13-8-9-14-27(36)30(26)35(29)19-22-16-17-24(23(6-2)18-22)25-12-7-10-15-28(25)40(37,38)34-31-20(3)21(4)39-33-31/h7,10,12,15-18H,5-6,8-9,11,13-14,19H2,1-4H3,(H,33,34). The lowest BCUT2D eigenvalue weighted by Crippen LogP contribution is -2.15. The van der Waals surface area contributed by atoms with E-state index in [2.05, 4.69) is 34.4 Å². The van der Waals surface area contributed by atoms with Gasteiger partial charge in [-0.05, 0) is 68.7 Å². The van der Waals surface area contributed by atoms with Crippen molar-refractivity contribution in [3.63, 3.8) is 0 Å². The van der Waals surface area contributed by atoms with Crippen molar-refractivity contribution in [3.8, 4) is 11.1 Å². The Balaban J connectivity index is 1.52. The number of hydrogen-bond acceptors (Lipinski definition) is 6. The maximum Gasteiger partial charge on any atom is 0.263 e. The van der Waals surface area contributed by atoms with Crippen LogP contribution in [0.1, 0.15) is 84.0 Å². The van der Waals surface area contributed by atoms with Gasteiger partial charge in [0.25, 0.3) is 10.0 Å². The second-order valence-corrected chi connectivity index (χ2v) is 12.1. The molecule has 5 rings (SSSR count). The van der Waals surface area contributed by atoms with Crippen molar-refractivity contribution >= 4 is 21.6 Å². The van der Waals surface area contributed by atoms with Gasteiger partial charge in [0.05, 0.1) is 10.6 Å². The predicted octanol–water partition coefficient (Wildman–Crippen LogP) is 6.43. The molecule has 0 atom stereocenters. The van der Waals surface area contributed by atoms with Gasteiger partial charge in [-0.2, -0.15) is 0 Å². The number of benzene rings is 2. The molecule has 0 spiro atoms. The van der Waals surface area contributed by atoms with Crippen LogP contribution in [0.3, 0.4) is 0 Å². The quantitative estimate of drug-likeness (QED) is 0.237. The van der Waals surface area contributed by atoms with Gasteiger partial charge < -0.3 is 9.09 Å². The first kappa shape index (κ1) is 27.8. The molecule has 2 heterocycles. The molecular formula is C31H36N4O4S. The molecule has 8 nitrogen and oxygen atoms in total. The van der Waals surface area contributed by atoms with E-state index >= 15 is 0 Å². The first-order valence-corrected chi connectivity index (χ1v) is 15.5. The highest BCUT2D eigenvalue weighted by atomic mass is 32.2. The fourth-order valence-corrected chi connectivity index (χ4v) is 6.70. The molecule has 0 bridgehead atoms. The maximum atomic E-state index is 13.5. The van der Waals surface area contributed by atoms with Crippen molar-refractivity contribution < 1.29 is 17.7 Å². The molecule has 1 N–H and O–H groups in total. The normalized spacial score (nSPS) is 13.8. The average molecular weight is 561 g/mol. The molecular weight excluding hydrogens is 524 g/mol. The number of nitrogens with one attached hydrogen (secondary N) is 1. The molecule has 0 aliphatic heterocycles. The summed E-state index contributed by atoms with van der Waals surface area (Å²) in [5.74, 6) is 1.90. The Labute approximate surface area is 235 Å². The zero-order chi connectivity index (χ0) is 28.4. The van der Waals surface area contributed by atoms with Gasteiger partial charge >= 0.3 is 0 Å². The Morgan fingerprint density at radius 2 is 1.80 bits per heavy atom. The molecule has 210 valence electrons. The Morgan fingerprint density at radius 3 is 2.52 bits per heavy atom.